The number of piperidine rings is 2. The third-order valence-corrected chi connectivity index (χ3v) is 6.75. The third kappa shape index (κ3) is 4.56. The van der Waals surface area contributed by atoms with Gasteiger partial charge >= 0.3 is 0 Å². The summed E-state index contributed by atoms with van der Waals surface area (Å²) in [6.45, 7) is 8.23. The number of hydrazine groups is 1. The van der Waals surface area contributed by atoms with E-state index in [9.17, 15) is 9.18 Å². The molecule has 0 radical (unpaired) electrons. The van der Waals surface area contributed by atoms with Gasteiger partial charge in [-0.15, -0.1) is 0 Å². The van der Waals surface area contributed by atoms with Gasteiger partial charge in [0.2, 0.25) is 5.91 Å². The molecule has 1 aromatic carbocycles. The van der Waals surface area contributed by atoms with Crippen molar-refractivity contribution < 1.29 is 9.18 Å². The predicted molar refractivity (Wildman–Crippen MR) is 108 cm³/mol. The fraction of sp³-hybridized carbons (Fsp3) is 0.682. The molecule has 154 valence electrons. The first kappa shape index (κ1) is 19.8. The number of likely N-dealkylation sites (tertiary alicyclic amines) is 2. The summed E-state index contributed by atoms with van der Waals surface area (Å²) in [4.78, 5) is 18.0. The lowest BCUT2D eigenvalue weighted by Gasteiger charge is -2.39. The van der Waals surface area contributed by atoms with Crippen LogP contribution in [0.15, 0.2) is 24.3 Å². The summed E-state index contributed by atoms with van der Waals surface area (Å²) in [5.41, 5.74) is 7.31. The molecule has 1 aromatic rings. The fourth-order valence-corrected chi connectivity index (χ4v) is 4.97. The molecule has 0 spiro atoms. The van der Waals surface area contributed by atoms with E-state index in [2.05, 4.69) is 27.6 Å². The van der Waals surface area contributed by atoms with Crippen molar-refractivity contribution in [2.75, 3.05) is 39.3 Å². The molecule has 3 saturated heterocycles. The highest BCUT2D eigenvalue weighted by atomic mass is 19.1. The van der Waals surface area contributed by atoms with Gasteiger partial charge in [-0.3, -0.25) is 10.2 Å². The van der Waals surface area contributed by atoms with E-state index in [0.717, 1.165) is 37.5 Å². The van der Waals surface area contributed by atoms with Crippen molar-refractivity contribution >= 4 is 5.91 Å². The third-order valence-electron chi connectivity index (χ3n) is 6.75. The van der Waals surface area contributed by atoms with Crippen molar-refractivity contribution in [2.45, 2.75) is 38.6 Å². The maximum Gasteiger partial charge on any atom is 0.229 e. The lowest BCUT2D eigenvalue weighted by atomic mass is 9.90. The van der Waals surface area contributed by atoms with E-state index in [1.54, 1.807) is 12.1 Å². The Kier molecular flexibility index (Phi) is 6.28. The highest BCUT2D eigenvalue weighted by molar-refractivity contribution is 5.80. The highest BCUT2D eigenvalue weighted by Crippen LogP contribution is 2.29. The van der Waals surface area contributed by atoms with Crippen LogP contribution in [-0.4, -0.2) is 55.0 Å². The molecular weight excluding hydrogens is 355 g/mol. The van der Waals surface area contributed by atoms with Crippen LogP contribution in [0.3, 0.4) is 0 Å². The molecule has 1 amide bonds. The minimum atomic E-state index is -0.247. The van der Waals surface area contributed by atoms with E-state index in [4.69, 9.17) is 0 Å². The first-order valence-electron chi connectivity index (χ1n) is 10.8. The molecule has 3 unspecified atom stereocenters. The predicted octanol–water partition coefficient (Wildman–Crippen LogP) is 2.56. The van der Waals surface area contributed by atoms with Crippen molar-refractivity contribution in [3.8, 4) is 0 Å². The smallest absolute Gasteiger partial charge is 0.229 e. The molecule has 6 heteroatoms. The number of carbonyl (C=O) groups is 1. The summed E-state index contributed by atoms with van der Waals surface area (Å²) in [7, 11) is 0. The van der Waals surface area contributed by atoms with Crippen molar-refractivity contribution in [3.05, 3.63) is 35.6 Å². The number of halogens is 1. The summed E-state index contributed by atoms with van der Waals surface area (Å²) in [5, 5.41) is 0. The largest absolute Gasteiger partial charge is 0.342 e. The molecule has 3 heterocycles. The molecule has 0 aliphatic carbocycles. The van der Waals surface area contributed by atoms with Crippen LogP contribution in [0.2, 0.25) is 0 Å². The van der Waals surface area contributed by atoms with Crippen LogP contribution in [-0.2, 0) is 4.79 Å². The number of nitrogens with zero attached hydrogens (tertiary/aromatic N) is 2. The van der Waals surface area contributed by atoms with Crippen LogP contribution in [0.25, 0.3) is 0 Å². The Hall–Kier alpha value is -1.50. The monoisotopic (exact) mass is 388 g/mol. The van der Waals surface area contributed by atoms with Gasteiger partial charge in [0.05, 0.1) is 12.0 Å². The Morgan fingerprint density at radius 1 is 1.14 bits per heavy atom. The van der Waals surface area contributed by atoms with Crippen molar-refractivity contribution in [2.24, 2.45) is 17.8 Å². The summed E-state index contributed by atoms with van der Waals surface area (Å²) in [6, 6.07) is 6.38. The maximum atomic E-state index is 13.3. The molecule has 2 N–H and O–H groups in total. The molecule has 5 nitrogen and oxygen atoms in total. The highest BCUT2D eigenvalue weighted by Gasteiger charge is 2.38. The second-order valence-electron chi connectivity index (χ2n) is 8.94. The molecular formula is C22H33FN4O. The van der Waals surface area contributed by atoms with Gasteiger partial charge in [-0.25, -0.2) is 9.82 Å². The van der Waals surface area contributed by atoms with Gasteiger partial charge in [0, 0.05) is 26.2 Å². The molecule has 4 rings (SSSR count). The Balaban J connectivity index is 1.36. The minimum absolute atomic E-state index is 0.0999. The van der Waals surface area contributed by atoms with Crippen LogP contribution in [0.4, 0.5) is 4.39 Å². The van der Waals surface area contributed by atoms with Gasteiger partial charge in [-0.2, -0.15) is 0 Å². The van der Waals surface area contributed by atoms with Gasteiger partial charge in [-0.1, -0.05) is 19.1 Å². The number of carbonyl (C=O) groups excluding carboxylic acids is 1. The molecule has 28 heavy (non-hydrogen) atoms. The molecule has 3 aliphatic rings. The van der Waals surface area contributed by atoms with Crippen LogP contribution in [0.5, 0.6) is 0 Å². The van der Waals surface area contributed by atoms with Gasteiger partial charge in [0.25, 0.3) is 0 Å². The lowest BCUT2D eigenvalue weighted by Crippen LogP contribution is -2.47. The second-order valence-corrected chi connectivity index (χ2v) is 8.94. The summed E-state index contributed by atoms with van der Waals surface area (Å²) in [6.07, 6.45) is 4.91. The Bertz CT molecular complexity index is 659. The number of amides is 1. The fourth-order valence-electron chi connectivity index (χ4n) is 4.97. The topological polar surface area (TPSA) is 47.6 Å². The van der Waals surface area contributed by atoms with Crippen LogP contribution in [0.1, 0.15) is 44.2 Å². The van der Waals surface area contributed by atoms with E-state index in [1.807, 2.05) is 0 Å². The maximum absolute atomic E-state index is 13.3. The van der Waals surface area contributed by atoms with Crippen LogP contribution < -0.4 is 10.9 Å². The Labute approximate surface area is 167 Å². The average Bonchev–Trinajstić information content (AvgIpc) is 3.20. The van der Waals surface area contributed by atoms with Crippen LogP contribution in [0, 0.1) is 23.6 Å². The van der Waals surface area contributed by atoms with E-state index in [0.29, 0.717) is 12.5 Å². The van der Waals surface area contributed by atoms with Gasteiger partial charge in [-0.05, 0) is 68.3 Å². The zero-order valence-corrected chi connectivity index (χ0v) is 16.9. The summed E-state index contributed by atoms with van der Waals surface area (Å²) < 4.78 is 13.3. The van der Waals surface area contributed by atoms with E-state index in [-0.39, 0.29) is 23.7 Å². The first-order chi connectivity index (χ1) is 13.6. The summed E-state index contributed by atoms with van der Waals surface area (Å²) in [5.74, 6) is 1.27. The Morgan fingerprint density at radius 2 is 1.89 bits per heavy atom. The van der Waals surface area contributed by atoms with Crippen molar-refractivity contribution in [1.82, 2.24) is 20.7 Å². The number of nitrogens with one attached hydrogen (secondary N) is 2. The first-order valence-corrected chi connectivity index (χ1v) is 10.8. The quantitative estimate of drug-likeness (QED) is 0.832. The number of benzene rings is 1. The van der Waals surface area contributed by atoms with E-state index in [1.165, 1.54) is 44.5 Å². The molecule has 3 aliphatic heterocycles. The van der Waals surface area contributed by atoms with E-state index >= 15 is 0 Å². The number of rotatable bonds is 4. The zero-order valence-electron chi connectivity index (χ0n) is 16.9. The normalized spacial score (nSPS) is 29.9. The average molecular weight is 389 g/mol. The molecule has 3 fully saturated rings. The van der Waals surface area contributed by atoms with Gasteiger partial charge in [0.1, 0.15) is 5.82 Å². The Morgan fingerprint density at radius 3 is 2.64 bits per heavy atom. The molecule has 0 saturated carbocycles. The van der Waals surface area contributed by atoms with Crippen LogP contribution >= 0.6 is 0 Å². The van der Waals surface area contributed by atoms with Crippen molar-refractivity contribution in [3.63, 3.8) is 0 Å². The standard InChI is InChI=1S/C22H33FN4O/c1-16-8-11-26(12-9-16)14-17-3-2-10-27(15-17)22(28)20-13-24-25-21(20)18-4-6-19(23)7-5-18/h4-7,16-17,20-21,24-25H,2-3,8-15H2,1H3. The zero-order chi connectivity index (χ0) is 19.5. The van der Waals surface area contributed by atoms with Gasteiger partial charge < -0.3 is 9.80 Å². The molecule has 3 atom stereocenters. The molecule has 0 bridgehead atoms. The molecule has 0 aromatic heterocycles. The van der Waals surface area contributed by atoms with Gasteiger partial charge in [0.15, 0.2) is 0 Å². The minimum Gasteiger partial charge on any atom is -0.342 e. The number of hydrogen-bond acceptors (Lipinski definition) is 4. The van der Waals surface area contributed by atoms with E-state index < -0.39 is 0 Å². The van der Waals surface area contributed by atoms with Crippen molar-refractivity contribution in [1.29, 1.82) is 0 Å². The second kappa shape index (κ2) is 8.89. The lowest BCUT2D eigenvalue weighted by molar-refractivity contribution is -0.137. The SMILES string of the molecule is CC1CCN(CC2CCCN(C(=O)C3CNNC3c3ccc(F)cc3)C2)CC1. The number of hydrogen-bond donors (Lipinski definition) is 2. The summed E-state index contributed by atoms with van der Waals surface area (Å²) >= 11 is 0.